The number of aromatic nitrogens is 1. The van der Waals surface area contributed by atoms with E-state index in [1.54, 1.807) is 12.5 Å². The van der Waals surface area contributed by atoms with E-state index in [1.807, 2.05) is 31.2 Å². The molecule has 2 aromatic heterocycles. The smallest absolute Gasteiger partial charge is 0.152 e. The molecule has 2 heteroatoms. The molecule has 0 atom stereocenters. The highest BCUT2D eigenvalue weighted by Crippen LogP contribution is 2.17. The Kier molecular flexibility index (Phi) is 1.67. The SMILES string of the molecule is Cc1ccnc(-c2ccco2)c1. The summed E-state index contributed by atoms with van der Waals surface area (Å²) in [5.41, 5.74) is 2.08. The fourth-order valence-corrected chi connectivity index (χ4v) is 1.10. The summed E-state index contributed by atoms with van der Waals surface area (Å²) in [6.45, 7) is 2.04. The minimum Gasteiger partial charge on any atom is -0.463 e. The van der Waals surface area contributed by atoms with Gasteiger partial charge in [-0.15, -0.1) is 0 Å². The summed E-state index contributed by atoms with van der Waals surface area (Å²) >= 11 is 0. The van der Waals surface area contributed by atoms with Gasteiger partial charge in [-0.2, -0.15) is 0 Å². The highest BCUT2D eigenvalue weighted by atomic mass is 16.3. The highest BCUT2D eigenvalue weighted by molar-refractivity contribution is 5.52. The van der Waals surface area contributed by atoms with Gasteiger partial charge in [0.2, 0.25) is 0 Å². The van der Waals surface area contributed by atoms with Gasteiger partial charge in [-0.05, 0) is 36.8 Å². The molecule has 2 aromatic rings. The summed E-state index contributed by atoms with van der Waals surface area (Å²) in [7, 11) is 0. The summed E-state index contributed by atoms with van der Waals surface area (Å²) in [5.74, 6) is 0.818. The van der Waals surface area contributed by atoms with Gasteiger partial charge in [0.05, 0.1) is 6.26 Å². The fraction of sp³-hybridized carbons (Fsp3) is 0.100. The first kappa shape index (κ1) is 7.10. The average Bonchev–Trinajstić information content (AvgIpc) is 2.56. The van der Waals surface area contributed by atoms with Crippen LogP contribution in [0.5, 0.6) is 0 Å². The largest absolute Gasteiger partial charge is 0.463 e. The van der Waals surface area contributed by atoms with Crippen molar-refractivity contribution in [1.82, 2.24) is 4.98 Å². The zero-order chi connectivity index (χ0) is 8.39. The molecule has 0 fully saturated rings. The zero-order valence-corrected chi connectivity index (χ0v) is 6.82. The number of hydrogen-bond donors (Lipinski definition) is 0. The van der Waals surface area contributed by atoms with Crippen LogP contribution in [-0.4, -0.2) is 4.98 Å². The molecule has 2 rings (SSSR count). The van der Waals surface area contributed by atoms with Crippen molar-refractivity contribution in [3.63, 3.8) is 0 Å². The van der Waals surface area contributed by atoms with Gasteiger partial charge >= 0.3 is 0 Å². The fourth-order valence-electron chi connectivity index (χ4n) is 1.10. The molecule has 0 spiro atoms. The summed E-state index contributed by atoms with van der Waals surface area (Å²) in [4.78, 5) is 4.19. The van der Waals surface area contributed by atoms with Crippen LogP contribution in [0.15, 0.2) is 41.1 Å². The first-order valence-corrected chi connectivity index (χ1v) is 3.83. The molecule has 12 heavy (non-hydrogen) atoms. The van der Waals surface area contributed by atoms with E-state index in [0.29, 0.717) is 0 Å². The molecule has 0 saturated heterocycles. The number of pyridine rings is 1. The van der Waals surface area contributed by atoms with Crippen molar-refractivity contribution >= 4 is 0 Å². The molecule has 0 bridgehead atoms. The van der Waals surface area contributed by atoms with E-state index in [2.05, 4.69) is 4.98 Å². The Bertz CT molecular complexity index is 365. The quantitative estimate of drug-likeness (QED) is 0.639. The third-order valence-electron chi connectivity index (χ3n) is 1.69. The molecule has 0 saturated carbocycles. The summed E-state index contributed by atoms with van der Waals surface area (Å²) in [6, 6.07) is 7.73. The summed E-state index contributed by atoms with van der Waals surface area (Å²) < 4.78 is 5.21. The van der Waals surface area contributed by atoms with Crippen LogP contribution in [0.25, 0.3) is 11.5 Å². The van der Waals surface area contributed by atoms with Gasteiger partial charge in [-0.3, -0.25) is 4.98 Å². The van der Waals surface area contributed by atoms with Crippen molar-refractivity contribution in [2.75, 3.05) is 0 Å². The van der Waals surface area contributed by atoms with Crippen molar-refractivity contribution in [2.45, 2.75) is 6.92 Å². The van der Waals surface area contributed by atoms with Crippen LogP contribution >= 0.6 is 0 Å². The van der Waals surface area contributed by atoms with Gasteiger partial charge < -0.3 is 4.42 Å². The van der Waals surface area contributed by atoms with Gasteiger partial charge in [-0.25, -0.2) is 0 Å². The third kappa shape index (κ3) is 1.23. The minimum absolute atomic E-state index is 0.818. The van der Waals surface area contributed by atoms with Gasteiger partial charge in [0, 0.05) is 6.20 Å². The Balaban J connectivity index is 2.48. The molecule has 0 radical (unpaired) electrons. The first-order chi connectivity index (χ1) is 5.86. The zero-order valence-electron chi connectivity index (χ0n) is 6.82. The Morgan fingerprint density at radius 2 is 2.25 bits per heavy atom. The maximum atomic E-state index is 5.21. The summed E-state index contributed by atoms with van der Waals surface area (Å²) in [6.07, 6.45) is 3.44. The van der Waals surface area contributed by atoms with Crippen LogP contribution in [0.2, 0.25) is 0 Å². The molecular weight excluding hydrogens is 150 g/mol. The van der Waals surface area contributed by atoms with Crippen LogP contribution in [0.1, 0.15) is 5.56 Å². The lowest BCUT2D eigenvalue weighted by Crippen LogP contribution is -1.80. The Morgan fingerprint density at radius 3 is 2.92 bits per heavy atom. The second kappa shape index (κ2) is 2.81. The van der Waals surface area contributed by atoms with Crippen molar-refractivity contribution in [1.29, 1.82) is 0 Å². The number of nitrogens with zero attached hydrogens (tertiary/aromatic N) is 1. The van der Waals surface area contributed by atoms with E-state index in [-0.39, 0.29) is 0 Å². The second-order valence-electron chi connectivity index (χ2n) is 2.70. The number of rotatable bonds is 1. The Hall–Kier alpha value is -1.57. The van der Waals surface area contributed by atoms with Gasteiger partial charge in [-0.1, -0.05) is 0 Å². The third-order valence-corrected chi connectivity index (χ3v) is 1.69. The number of furan rings is 1. The molecule has 0 amide bonds. The minimum atomic E-state index is 0.818. The maximum Gasteiger partial charge on any atom is 0.152 e. The van der Waals surface area contributed by atoms with E-state index in [4.69, 9.17) is 4.42 Å². The molecule has 0 aromatic carbocycles. The normalized spacial score (nSPS) is 10.1. The summed E-state index contributed by atoms with van der Waals surface area (Å²) in [5, 5.41) is 0. The van der Waals surface area contributed by atoms with Gasteiger partial charge in [0.1, 0.15) is 5.69 Å². The van der Waals surface area contributed by atoms with Crippen molar-refractivity contribution in [3.05, 3.63) is 42.3 Å². The van der Waals surface area contributed by atoms with Gasteiger partial charge in [0.15, 0.2) is 5.76 Å². The van der Waals surface area contributed by atoms with E-state index < -0.39 is 0 Å². The Labute approximate surface area is 70.9 Å². The van der Waals surface area contributed by atoms with Crippen LogP contribution < -0.4 is 0 Å². The van der Waals surface area contributed by atoms with Crippen LogP contribution in [-0.2, 0) is 0 Å². The molecule has 0 N–H and O–H groups in total. The van der Waals surface area contributed by atoms with Crippen molar-refractivity contribution in [2.24, 2.45) is 0 Å². The maximum absolute atomic E-state index is 5.21. The molecular formula is C10H9NO. The molecule has 0 aliphatic carbocycles. The topological polar surface area (TPSA) is 26.0 Å². The Morgan fingerprint density at radius 1 is 1.33 bits per heavy atom. The molecule has 60 valence electrons. The van der Waals surface area contributed by atoms with Crippen molar-refractivity contribution in [3.8, 4) is 11.5 Å². The lowest BCUT2D eigenvalue weighted by Gasteiger charge is -1.95. The molecule has 0 unspecified atom stereocenters. The standard InChI is InChI=1S/C10H9NO/c1-8-4-5-11-9(7-8)10-3-2-6-12-10/h2-7H,1H3. The molecule has 2 nitrogen and oxygen atoms in total. The second-order valence-corrected chi connectivity index (χ2v) is 2.70. The number of hydrogen-bond acceptors (Lipinski definition) is 2. The number of aryl methyl sites for hydroxylation is 1. The predicted molar refractivity (Wildman–Crippen MR) is 46.7 cm³/mol. The average molecular weight is 159 g/mol. The molecule has 0 aliphatic heterocycles. The van der Waals surface area contributed by atoms with Crippen LogP contribution in [0, 0.1) is 6.92 Å². The van der Waals surface area contributed by atoms with Crippen LogP contribution in [0.3, 0.4) is 0 Å². The first-order valence-electron chi connectivity index (χ1n) is 3.83. The van der Waals surface area contributed by atoms with Crippen molar-refractivity contribution < 1.29 is 4.42 Å². The van der Waals surface area contributed by atoms with E-state index in [1.165, 1.54) is 5.56 Å². The highest BCUT2D eigenvalue weighted by Gasteiger charge is 2.00. The molecule has 0 aliphatic rings. The van der Waals surface area contributed by atoms with E-state index in [0.717, 1.165) is 11.5 Å². The molecule has 2 heterocycles. The van der Waals surface area contributed by atoms with Gasteiger partial charge in [0.25, 0.3) is 0 Å². The van der Waals surface area contributed by atoms with Crippen LogP contribution in [0.4, 0.5) is 0 Å². The van der Waals surface area contributed by atoms with E-state index >= 15 is 0 Å². The lowest BCUT2D eigenvalue weighted by molar-refractivity contribution is 0.580. The monoisotopic (exact) mass is 159 g/mol. The predicted octanol–water partition coefficient (Wildman–Crippen LogP) is 2.65. The lowest BCUT2D eigenvalue weighted by atomic mass is 10.2. The van der Waals surface area contributed by atoms with E-state index in [9.17, 15) is 0 Å².